The molecule has 2 aromatic carbocycles. The lowest BCUT2D eigenvalue weighted by molar-refractivity contribution is 0.477. The van der Waals surface area contributed by atoms with Crippen LogP contribution in [-0.2, 0) is 0 Å². The summed E-state index contributed by atoms with van der Waals surface area (Å²) >= 11 is 6.04. The summed E-state index contributed by atoms with van der Waals surface area (Å²) in [4.78, 5) is 0. The molecule has 0 aliphatic carbocycles. The van der Waals surface area contributed by atoms with E-state index in [1.165, 1.54) is 12.1 Å². The predicted molar refractivity (Wildman–Crippen MR) is 81.5 cm³/mol. The fraction of sp³-hybridized carbons (Fsp3) is 0.125. The van der Waals surface area contributed by atoms with Crippen LogP contribution < -0.4 is 11.3 Å². The number of nitrogens with two attached hydrogens (primary N) is 1. The first-order chi connectivity index (χ1) is 10.1. The highest BCUT2D eigenvalue weighted by Crippen LogP contribution is 2.30. The Bertz CT molecular complexity index is 800. The minimum atomic E-state index is -0.323. The van der Waals surface area contributed by atoms with Crippen LogP contribution in [0.3, 0.4) is 0 Å². The van der Waals surface area contributed by atoms with E-state index >= 15 is 0 Å². The average molecular weight is 305 g/mol. The molecule has 0 saturated carbocycles. The van der Waals surface area contributed by atoms with Crippen LogP contribution in [0.1, 0.15) is 22.9 Å². The maximum absolute atomic E-state index is 13.3. The molecule has 1 atom stereocenters. The zero-order valence-corrected chi connectivity index (χ0v) is 12.1. The Morgan fingerprint density at radius 3 is 2.71 bits per heavy atom. The molecule has 3 rings (SSSR count). The number of furan rings is 1. The molecule has 0 saturated heterocycles. The third kappa shape index (κ3) is 2.65. The SMILES string of the molecule is Cc1cc(C(NN)c2cc3cc(F)ccc3o2)ccc1Cl. The van der Waals surface area contributed by atoms with E-state index in [4.69, 9.17) is 21.9 Å². The first-order valence-corrected chi connectivity index (χ1v) is 6.87. The predicted octanol–water partition coefficient (Wildman–Crippen LogP) is 4.09. The van der Waals surface area contributed by atoms with Gasteiger partial charge in [0.25, 0.3) is 0 Å². The van der Waals surface area contributed by atoms with E-state index in [2.05, 4.69) is 5.43 Å². The van der Waals surface area contributed by atoms with Gasteiger partial charge in [-0.25, -0.2) is 9.82 Å². The minimum absolute atomic E-state index is 0.297. The summed E-state index contributed by atoms with van der Waals surface area (Å²) in [6, 6.07) is 11.5. The number of hydrazine groups is 1. The first kappa shape index (κ1) is 14.1. The molecule has 3 N–H and O–H groups in total. The molecule has 1 heterocycles. The van der Waals surface area contributed by atoms with Crippen LogP contribution in [0.5, 0.6) is 0 Å². The third-order valence-electron chi connectivity index (χ3n) is 3.46. The zero-order chi connectivity index (χ0) is 15.0. The van der Waals surface area contributed by atoms with Gasteiger partial charge < -0.3 is 4.42 Å². The Labute approximate surface area is 126 Å². The Morgan fingerprint density at radius 2 is 2.00 bits per heavy atom. The van der Waals surface area contributed by atoms with E-state index < -0.39 is 0 Å². The van der Waals surface area contributed by atoms with E-state index in [-0.39, 0.29) is 11.9 Å². The maximum atomic E-state index is 13.3. The number of hydrogen-bond acceptors (Lipinski definition) is 3. The second-order valence-electron chi connectivity index (χ2n) is 4.94. The van der Waals surface area contributed by atoms with Crippen molar-refractivity contribution in [3.8, 4) is 0 Å². The van der Waals surface area contributed by atoms with Crippen molar-refractivity contribution >= 4 is 22.6 Å². The molecule has 21 heavy (non-hydrogen) atoms. The average Bonchev–Trinajstić information content (AvgIpc) is 2.86. The van der Waals surface area contributed by atoms with Gasteiger partial charge >= 0.3 is 0 Å². The lowest BCUT2D eigenvalue weighted by Gasteiger charge is -2.14. The van der Waals surface area contributed by atoms with Crippen LogP contribution in [0.2, 0.25) is 5.02 Å². The molecule has 0 radical (unpaired) electrons. The monoisotopic (exact) mass is 304 g/mol. The summed E-state index contributed by atoms with van der Waals surface area (Å²) in [5, 5.41) is 1.40. The molecule has 0 aliphatic rings. The quantitative estimate of drug-likeness (QED) is 0.566. The molecule has 0 spiro atoms. The minimum Gasteiger partial charge on any atom is -0.459 e. The van der Waals surface area contributed by atoms with Gasteiger partial charge in [-0.15, -0.1) is 0 Å². The van der Waals surface area contributed by atoms with Gasteiger partial charge in [-0.05, 0) is 48.4 Å². The van der Waals surface area contributed by atoms with E-state index in [0.29, 0.717) is 21.8 Å². The molecule has 3 nitrogen and oxygen atoms in total. The Balaban J connectivity index is 2.06. The van der Waals surface area contributed by atoms with E-state index in [0.717, 1.165) is 11.1 Å². The standard InChI is InChI=1S/C16H14ClFN2O/c1-9-6-10(2-4-13(9)17)16(20-19)15-8-11-7-12(18)3-5-14(11)21-15/h2-8,16,20H,19H2,1H3. The van der Waals surface area contributed by atoms with Crippen molar-refractivity contribution < 1.29 is 8.81 Å². The fourth-order valence-electron chi connectivity index (χ4n) is 2.37. The van der Waals surface area contributed by atoms with Gasteiger partial charge in [-0.2, -0.15) is 0 Å². The van der Waals surface area contributed by atoms with Gasteiger partial charge in [0.2, 0.25) is 0 Å². The molecular formula is C16H14ClFN2O. The van der Waals surface area contributed by atoms with Gasteiger partial charge in [0, 0.05) is 10.4 Å². The Morgan fingerprint density at radius 1 is 1.19 bits per heavy atom. The summed E-state index contributed by atoms with van der Waals surface area (Å²) in [6.45, 7) is 1.92. The maximum Gasteiger partial charge on any atom is 0.134 e. The number of aryl methyl sites for hydroxylation is 1. The van der Waals surface area contributed by atoms with Gasteiger partial charge in [-0.3, -0.25) is 5.84 Å². The van der Waals surface area contributed by atoms with Crippen molar-refractivity contribution in [2.24, 2.45) is 5.84 Å². The van der Waals surface area contributed by atoms with Gasteiger partial charge in [0.1, 0.15) is 23.2 Å². The summed E-state index contributed by atoms with van der Waals surface area (Å²) in [6.07, 6.45) is 0. The normalized spacial score (nSPS) is 12.8. The van der Waals surface area contributed by atoms with Gasteiger partial charge in [-0.1, -0.05) is 23.7 Å². The molecule has 3 aromatic rings. The lowest BCUT2D eigenvalue weighted by Crippen LogP contribution is -2.28. The van der Waals surface area contributed by atoms with Gasteiger partial charge in [0.05, 0.1) is 0 Å². The number of nitrogens with one attached hydrogen (secondary N) is 1. The first-order valence-electron chi connectivity index (χ1n) is 6.49. The van der Waals surface area contributed by atoms with E-state index in [1.54, 1.807) is 12.1 Å². The highest BCUT2D eigenvalue weighted by Gasteiger charge is 2.18. The van der Waals surface area contributed by atoms with Crippen LogP contribution in [0, 0.1) is 12.7 Å². The summed E-state index contributed by atoms with van der Waals surface area (Å²) in [7, 11) is 0. The molecule has 1 aromatic heterocycles. The van der Waals surface area contributed by atoms with E-state index in [9.17, 15) is 4.39 Å². The lowest BCUT2D eigenvalue weighted by atomic mass is 10.0. The van der Waals surface area contributed by atoms with Crippen molar-refractivity contribution in [3.05, 3.63) is 70.2 Å². The fourth-order valence-corrected chi connectivity index (χ4v) is 2.48. The molecule has 0 bridgehead atoms. The van der Waals surface area contributed by atoms with Crippen LogP contribution in [0.4, 0.5) is 4.39 Å². The molecule has 108 valence electrons. The molecule has 0 fully saturated rings. The topological polar surface area (TPSA) is 51.2 Å². The zero-order valence-electron chi connectivity index (χ0n) is 11.4. The van der Waals surface area contributed by atoms with Crippen molar-refractivity contribution in [1.82, 2.24) is 5.43 Å². The molecule has 1 unspecified atom stereocenters. The summed E-state index contributed by atoms with van der Waals surface area (Å²) in [5.74, 6) is 5.99. The summed E-state index contributed by atoms with van der Waals surface area (Å²) < 4.78 is 19.0. The van der Waals surface area contributed by atoms with Crippen LogP contribution in [0.25, 0.3) is 11.0 Å². The Kier molecular flexibility index (Phi) is 3.68. The Hall–Kier alpha value is -1.88. The number of halogens is 2. The molecule has 0 amide bonds. The largest absolute Gasteiger partial charge is 0.459 e. The molecular weight excluding hydrogens is 291 g/mol. The smallest absolute Gasteiger partial charge is 0.134 e. The number of hydrogen-bond donors (Lipinski definition) is 2. The number of benzene rings is 2. The van der Waals surface area contributed by atoms with Crippen LogP contribution in [0.15, 0.2) is 46.9 Å². The van der Waals surface area contributed by atoms with Gasteiger partial charge in [0.15, 0.2) is 0 Å². The highest BCUT2D eigenvalue weighted by atomic mass is 35.5. The molecule has 0 aliphatic heterocycles. The highest BCUT2D eigenvalue weighted by molar-refractivity contribution is 6.31. The number of rotatable bonds is 3. The van der Waals surface area contributed by atoms with E-state index in [1.807, 2.05) is 25.1 Å². The second-order valence-corrected chi connectivity index (χ2v) is 5.35. The van der Waals surface area contributed by atoms with Crippen molar-refractivity contribution in [2.75, 3.05) is 0 Å². The second kappa shape index (κ2) is 5.48. The van der Waals surface area contributed by atoms with Crippen LogP contribution >= 0.6 is 11.6 Å². The summed E-state index contributed by atoms with van der Waals surface area (Å²) in [5.41, 5.74) is 5.23. The number of fused-ring (bicyclic) bond motifs is 1. The van der Waals surface area contributed by atoms with Crippen molar-refractivity contribution in [1.29, 1.82) is 0 Å². The molecule has 5 heteroatoms. The third-order valence-corrected chi connectivity index (χ3v) is 3.89. The van der Waals surface area contributed by atoms with Crippen LogP contribution in [-0.4, -0.2) is 0 Å². The van der Waals surface area contributed by atoms with Crippen molar-refractivity contribution in [3.63, 3.8) is 0 Å². The van der Waals surface area contributed by atoms with Crippen molar-refractivity contribution in [2.45, 2.75) is 13.0 Å².